The average molecular weight is 371 g/mol. The number of benzene rings is 1. The molecule has 8 heteroatoms. The molecule has 0 unspecified atom stereocenters. The third-order valence-electron chi connectivity index (χ3n) is 2.70. The van der Waals surface area contributed by atoms with Gasteiger partial charge in [0.05, 0.1) is 4.92 Å². The lowest BCUT2D eigenvalue weighted by atomic mass is 10.1. The summed E-state index contributed by atoms with van der Waals surface area (Å²) in [6, 6.07) is 5.91. The second-order valence-electron chi connectivity index (χ2n) is 4.19. The molecule has 1 aromatic heterocycles. The summed E-state index contributed by atoms with van der Waals surface area (Å²) in [6.45, 7) is 1.65. The van der Waals surface area contributed by atoms with Crippen molar-refractivity contribution in [2.24, 2.45) is 0 Å². The Morgan fingerprint density at radius 2 is 2.14 bits per heavy atom. The van der Waals surface area contributed by atoms with Crippen LogP contribution in [0.5, 0.6) is 0 Å². The monoisotopic (exact) mass is 369 g/mol. The smallest absolute Gasteiger partial charge is 0.288 e. The van der Waals surface area contributed by atoms with Crippen molar-refractivity contribution in [2.75, 3.05) is 5.32 Å². The van der Waals surface area contributed by atoms with Gasteiger partial charge in [-0.3, -0.25) is 14.9 Å². The molecule has 1 aromatic carbocycles. The standard InChI is InChI=1S/C13H9BrClN3O3/c1-7-4-12(18(20)21)9(15)5-11(7)17-13(19)10-3-2-8(14)6-16-10/h2-6H,1H3,(H,17,19). The van der Waals surface area contributed by atoms with E-state index in [4.69, 9.17) is 11.6 Å². The molecule has 0 fully saturated rings. The second-order valence-corrected chi connectivity index (χ2v) is 5.51. The zero-order valence-corrected chi connectivity index (χ0v) is 13.1. The molecule has 0 aliphatic rings. The number of hydrogen-bond acceptors (Lipinski definition) is 4. The van der Waals surface area contributed by atoms with Gasteiger partial charge in [-0.2, -0.15) is 0 Å². The van der Waals surface area contributed by atoms with E-state index in [1.807, 2.05) is 0 Å². The van der Waals surface area contributed by atoms with Gasteiger partial charge in [-0.05, 0) is 46.6 Å². The summed E-state index contributed by atoms with van der Waals surface area (Å²) in [5, 5.41) is 13.4. The Kier molecular flexibility index (Phi) is 4.54. The van der Waals surface area contributed by atoms with Crippen LogP contribution in [0.25, 0.3) is 0 Å². The van der Waals surface area contributed by atoms with Gasteiger partial charge in [0.15, 0.2) is 0 Å². The summed E-state index contributed by atoms with van der Waals surface area (Å²) in [6.07, 6.45) is 1.50. The van der Waals surface area contributed by atoms with Crippen molar-refractivity contribution >= 4 is 44.8 Å². The van der Waals surface area contributed by atoms with Crippen molar-refractivity contribution in [1.29, 1.82) is 0 Å². The number of aromatic nitrogens is 1. The maximum absolute atomic E-state index is 12.0. The van der Waals surface area contributed by atoms with E-state index in [-0.39, 0.29) is 16.4 Å². The zero-order chi connectivity index (χ0) is 15.6. The minimum absolute atomic E-state index is 0.0373. The third kappa shape index (κ3) is 3.56. The van der Waals surface area contributed by atoms with Crippen LogP contribution in [-0.2, 0) is 0 Å². The lowest BCUT2D eigenvalue weighted by Gasteiger charge is -2.09. The predicted octanol–water partition coefficient (Wildman–Crippen LogP) is 3.97. The fourth-order valence-electron chi connectivity index (χ4n) is 1.64. The maximum Gasteiger partial charge on any atom is 0.288 e. The molecule has 2 rings (SSSR count). The van der Waals surface area contributed by atoms with Crippen molar-refractivity contribution in [3.63, 3.8) is 0 Å². The Morgan fingerprint density at radius 3 is 2.71 bits per heavy atom. The third-order valence-corrected chi connectivity index (χ3v) is 3.47. The summed E-state index contributed by atoms with van der Waals surface area (Å²) in [5.74, 6) is -0.421. The molecular formula is C13H9BrClN3O3. The molecule has 0 bridgehead atoms. The van der Waals surface area contributed by atoms with E-state index >= 15 is 0 Å². The number of nitrogens with zero attached hydrogens (tertiary/aromatic N) is 2. The van der Waals surface area contributed by atoms with Crippen LogP contribution < -0.4 is 5.32 Å². The van der Waals surface area contributed by atoms with Crippen LogP contribution in [0.2, 0.25) is 5.02 Å². The van der Waals surface area contributed by atoms with Crippen LogP contribution in [0.3, 0.4) is 0 Å². The number of halogens is 2. The molecule has 6 nitrogen and oxygen atoms in total. The number of anilines is 1. The fraction of sp³-hybridized carbons (Fsp3) is 0.0769. The highest BCUT2D eigenvalue weighted by Gasteiger charge is 2.17. The molecule has 0 radical (unpaired) electrons. The first kappa shape index (κ1) is 15.4. The molecule has 1 amide bonds. The molecule has 108 valence electrons. The van der Waals surface area contributed by atoms with E-state index in [2.05, 4.69) is 26.2 Å². The van der Waals surface area contributed by atoms with Gasteiger partial charge in [-0.1, -0.05) is 11.6 Å². The molecular weight excluding hydrogens is 362 g/mol. The minimum atomic E-state index is -0.572. The van der Waals surface area contributed by atoms with Gasteiger partial charge in [0, 0.05) is 22.4 Å². The molecule has 2 aromatic rings. The molecule has 0 aliphatic heterocycles. The van der Waals surface area contributed by atoms with Crippen molar-refractivity contribution < 1.29 is 9.72 Å². The first-order chi connectivity index (χ1) is 9.88. The Labute approximate surface area is 133 Å². The highest BCUT2D eigenvalue weighted by Crippen LogP contribution is 2.30. The number of aryl methyl sites for hydroxylation is 1. The Hall–Kier alpha value is -1.99. The maximum atomic E-state index is 12.0. The SMILES string of the molecule is Cc1cc([N+](=O)[O-])c(Cl)cc1NC(=O)c1ccc(Br)cn1. The fourth-order valence-corrected chi connectivity index (χ4v) is 2.10. The summed E-state index contributed by atoms with van der Waals surface area (Å²) < 4.78 is 0.758. The van der Waals surface area contributed by atoms with Crippen molar-refractivity contribution in [1.82, 2.24) is 4.98 Å². The number of hydrogen-bond donors (Lipinski definition) is 1. The van der Waals surface area contributed by atoms with Gasteiger partial charge < -0.3 is 5.32 Å². The number of nitro benzene ring substituents is 1. The Morgan fingerprint density at radius 1 is 1.43 bits per heavy atom. The lowest BCUT2D eigenvalue weighted by molar-refractivity contribution is -0.384. The highest BCUT2D eigenvalue weighted by molar-refractivity contribution is 9.10. The van der Waals surface area contributed by atoms with Crippen molar-refractivity contribution in [3.05, 3.63) is 61.3 Å². The summed E-state index contributed by atoms with van der Waals surface area (Å²) in [4.78, 5) is 26.2. The van der Waals surface area contributed by atoms with Gasteiger partial charge in [-0.15, -0.1) is 0 Å². The molecule has 0 spiro atoms. The van der Waals surface area contributed by atoms with E-state index in [1.165, 1.54) is 18.3 Å². The summed E-state index contributed by atoms with van der Waals surface area (Å²) >= 11 is 9.06. The molecule has 0 saturated carbocycles. The number of nitro groups is 1. The van der Waals surface area contributed by atoms with Crippen LogP contribution in [0.15, 0.2) is 34.9 Å². The molecule has 1 N–H and O–H groups in total. The van der Waals surface area contributed by atoms with Crippen molar-refractivity contribution in [3.8, 4) is 0 Å². The minimum Gasteiger partial charge on any atom is -0.320 e. The highest BCUT2D eigenvalue weighted by atomic mass is 79.9. The van der Waals surface area contributed by atoms with E-state index < -0.39 is 10.8 Å². The summed E-state index contributed by atoms with van der Waals surface area (Å²) in [5.41, 5.74) is 0.970. The quantitative estimate of drug-likeness (QED) is 0.654. The first-order valence-corrected chi connectivity index (χ1v) is 6.93. The van der Waals surface area contributed by atoms with Gasteiger partial charge in [-0.25, -0.2) is 4.98 Å². The van der Waals surface area contributed by atoms with Crippen LogP contribution in [0.1, 0.15) is 16.1 Å². The van der Waals surface area contributed by atoms with Gasteiger partial charge in [0.2, 0.25) is 0 Å². The largest absolute Gasteiger partial charge is 0.320 e. The normalized spacial score (nSPS) is 10.2. The van der Waals surface area contributed by atoms with Crippen molar-refractivity contribution in [2.45, 2.75) is 6.92 Å². The van der Waals surface area contributed by atoms with Crippen LogP contribution in [0.4, 0.5) is 11.4 Å². The topological polar surface area (TPSA) is 85.1 Å². The van der Waals surface area contributed by atoms with Crippen LogP contribution in [0, 0.1) is 17.0 Å². The average Bonchev–Trinajstić information content (AvgIpc) is 2.42. The second kappa shape index (κ2) is 6.19. The van der Waals surface area contributed by atoms with E-state index in [9.17, 15) is 14.9 Å². The number of carbonyl (C=O) groups excluding carboxylic acids is 1. The molecule has 0 saturated heterocycles. The molecule has 1 heterocycles. The molecule has 0 aliphatic carbocycles. The summed E-state index contributed by atoms with van der Waals surface area (Å²) in [7, 11) is 0. The van der Waals surface area contributed by atoms with Gasteiger partial charge >= 0.3 is 0 Å². The number of amides is 1. The molecule has 0 atom stereocenters. The van der Waals surface area contributed by atoms with E-state index in [0.717, 1.165) is 4.47 Å². The van der Waals surface area contributed by atoms with Crippen LogP contribution >= 0.6 is 27.5 Å². The number of pyridine rings is 1. The zero-order valence-electron chi connectivity index (χ0n) is 10.8. The number of nitrogens with one attached hydrogen (secondary N) is 1. The molecule has 21 heavy (non-hydrogen) atoms. The number of carbonyl (C=O) groups is 1. The predicted molar refractivity (Wildman–Crippen MR) is 82.7 cm³/mol. The van der Waals surface area contributed by atoms with E-state index in [1.54, 1.807) is 19.1 Å². The van der Waals surface area contributed by atoms with Crippen LogP contribution in [-0.4, -0.2) is 15.8 Å². The Bertz CT molecular complexity index is 719. The number of rotatable bonds is 3. The first-order valence-electron chi connectivity index (χ1n) is 5.76. The van der Waals surface area contributed by atoms with Gasteiger partial charge in [0.1, 0.15) is 10.7 Å². The van der Waals surface area contributed by atoms with Gasteiger partial charge in [0.25, 0.3) is 11.6 Å². The Balaban J connectivity index is 2.27. The lowest BCUT2D eigenvalue weighted by Crippen LogP contribution is -2.14. The van der Waals surface area contributed by atoms with E-state index in [0.29, 0.717) is 11.3 Å².